The van der Waals surface area contributed by atoms with Crippen LogP contribution in [0.1, 0.15) is 23.6 Å². The van der Waals surface area contributed by atoms with Gasteiger partial charge in [-0.2, -0.15) is 0 Å². The van der Waals surface area contributed by atoms with Gasteiger partial charge in [-0.3, -0.25) is 4.99 Å². The van der Waals surface area contributed by atoms with Crippen molar-refractivity contribution in [1.82, 2.24) is 4.57 Å². The predicted octanol–water partition coefficient (Wildman–Crippen LogP) is 15.0. The summed E-state index contributed by atoms with van der Waals surface area (Å²) < 4.78 is 2.46. The van der Waals surface area contributed by atoms with Crippen molar-refractivity contribution in [2.24, 2.45) is 4.99 Å². The molecule has 11 rings (SSSR count). The van der Waals surface area contributed by atoms with E-state index in [1.54, 1.807) is 0 Å². The highest BCUT2D eigenvalue weighted by Crippen LogP contribution is 2.52. The number of aliphatic imine (C=N–C) groups is 1. The first-order valence-corrected chi connectivity index (χ1v) is 20.6. The normalized spacial score (nSPS) is 14.6. The molecule has 0 radical (unpaired) electrons. The van der Waals surface area contributed by atoms with Crippen molar-refractivity contribution in [2.75, 3.05) is 4.90 Å². The highest BCUT2D eigenvalue weighted by Gasteiger charge is 2.44. The van der Waals surface area contributed by atoms with E-state index >= 15 is 0 Å². The number of benzene rings is 9. The average molecular weight is 768 g/mol. The molecule has 1 aliphatic rings. The third-order valence-electron chi connectivity index (χ3n) is 12.3. The fourth-order valence-electron chi connectivity index (χ4n) is 9.32. The van der Waals surface area contributed by atoms with Gasteiger partial charge < -0.3 is 9.47 Å². The summed E-state index contributed by atoms with van der Waals surface area (Å²) in [5.41, 5.74) is 16.7. The van der Waals surface area contributed by atoms with Crippen molar-refractivity contribution in [3.8, 4) is 27.9 Å². The zero-order valence-corrected chi connectivity index (χ0v) is 33.3. The minimum Gasteiger partial charge on any atom is -0.311 e. The van der Waals surface area contributed by atoms with Gasteiger partial charge in [0.05, 0.1) is 27.8 Å². The van der Waals surface area contributed by atoms with Crippen molar-refractivity contribution >= 4 is 50.3 Å². The fraction of sp³-hybridized carbons (Fsp3) is 0.0351. The van der Waals surface area contributed by atoms with Crippen molar-refractivity contribution in [1.29, 1.82) is 0 Å². The minimum atomic E-state index is -0.502. The summed E-state index contributed by atoms with van der Waals surface area (Å²) in [6.07, 6.45) is 0. The van der Waals surface area contributed by atoms with E-state index in [0.29, 0.717) is 0 Å². The number of anilines is 3. The SMILES string of the molecule is CC1(c2ccccc2)C(c2ccccc2)=Nc2ccc3c4ccccc4n(-c4ccc(N(c5ccc(-c6ccccc6)cc5)c5ccc(-c6ccccc6)cc5)cc4)c3c21. The van der Waals surface area contributed by atoms with Gasteiger partial charge >= 0.3 is 0 Å². The van der Waals surface area contributed by atoms with Gasteiger partial charge in [-0.1, -0.05) is 170 Å². The number of fused-ring (bicyclic) bond motifs is 5. The third-order valence-corrected chi connectivity index (χ3v) is 12.3. The van der Waals surface area contributed by atoms with Crippen LogP contribution in [0.25, 0.3) is 49.7 Å². The molecule has 10 aromatic rings. The lowest BCUT2D eigenvalue weighted by Gasteiger charge is -2.30. The maximum absolute atomic E-state index is 5.46. The Morgan fingerprint density at radius 2 is 0.850 bits per heavy atom. The molecule has 0 bridgehead atoms. The summed E-state index contributed by atoms with van der Waals surface area (Å²) in [4.78, 5) is 7.81. The first-order valence-electron chi connectivity index (χ1n) is 20.6. The molecule has 1 unspecified atom stereocenters. The van der Waals surface area contributed by atoms with Gasteiger partial charge in [0.2, 0.25) is 0 Å². The molecule has 9 aromatic carbocycles. The topological polar surface area (TPSA) is 20.5 Å². The van der Waals surface area contributed by atoms with E-state index in [1.165, 1.54) is 55.2 Å². The molecule has 3 heteroatoms. The Kier molecular flexibility index (Phi) is 8.60. The molecule has 2 heterocycles. The molecule has 60 heavy (non-hydrogen) atoms. The van der Waals surface area contributed by atoms with Gasteiger partial charge in [0, 0.05) is 39.1 Å². The second kappa shape index (κ2) is 14.6. The quantitative estimate of drug-likeness (QED) is 0.151. The Balaban J connectivity index is 1.07. The predicted molar refractivity (Wildman–Crippen MR) is 252 cm³/mol. The van der Waals surface area contributed by atoms with Gasteiger partial charge in [0.15, 0.2) is 0 Å². The van der Waals surface area contributed by atoms with E-state index in [2.05, 4.69) is 247 Å². The van der Waals surface area contributed by atoms with Crippen molar-refractivity contribution in [2.45, 2.75) is 12.3 Å². The molecule has 0 aliphatic carbocycles. The molecule has 0 N–H and O–H groups in total. The number of aromatic nitrogens is 1. The van der Waals surface area contributed by atoms with Crippen LogP contribution in [0.4, 0.5) is 22.7 Å². The fourth-order valence-corrected chi connectivity index (χ4v) is 9.32. The smallest absolute Gasteiger partial charge is 0.0700 e. The first kappa shape index (κ1) is 35.4. The lowest BCUT2D eigenvalue weighted by Crippen LogP contribution is -2.32. The Labute approximate surface area is 350 Å². The van der Waals surface area contributed by atoms with E-state index in [-0.39, 0.29) is 0 Å². The maximum Gasteiger partial charge on any atom is 0.0700 e. The lowest BCUT2D eigenvalue weighted by atomic mass is 9.71. The molecule has 1 aliphatic heterocycles. The number of rotatable bonds is 8. The Morgan fingerprint density at radius 3 is 1.40 bits per heavy atom. The second-order valence-electron chi connectivity index (χ2n) is 15.7. The van der Waals surface area contributed by atoms with Crippen LogP contribution in [0.5, 0.6) is 0 Å². The summed E-state index contributed by atoms with van der Waals surface area (Å²) in [6, 6.07) is 82.9. The zero-order valence-electron chi connectivity index (χ0n) is 33.3. The highest BCUT2D eigenvalue weighted by molar-refractivity contribution is 6.20. The maximum atomic E-state index is 5.46. The molecule has 0 fully saturated rings. The zero-order chi connectivity index (χ0) is 40.0. The number of hydrogen-bond acceptors (Lipinski definition) is 2. The summed E-state index contributed by atoms with van der Waals surface area (Å²) >= 11 is 0. The van der Waals surface area contributed by atoms with Crippen LogP contribution in [0, 0.1) is 0 Å². The van der Waals surface area contributed by atoms with E-state index in [9.17, 15) is 0 Å². The molecular weight excluding hydrogens is 727 g/mol. The van der Waals surface area contributed by atoms with Gasteiger partial charge in [0.25, 0.3) is 0 Å². The van der Waals surface area contributed by atoms with Crippen LogP contribution in [0.3, 0.4) is 0 Å². The van der Waals surface area contributed by atoms with Crippen LogP contribution < -0.4 is 4.90 Å². The summed E-state index contributed by atoms with van der Waals surface area (Å²) in [5.74, 6) is 0. The number of hydrogen-bond donors (Lipinski definition) is 0. The molecule has 284 valence electrons. The molecule has 3 nitrogen and oxygen atoms in total. The van der Waals surface area contributed by atoms with Gasteiger partial charge in [0.1, 0.15) is 0 Å². The number of para-hydroxylation sites is 1. The molecule has 0 spiro atoms. The lowest BCUT2D eigenvalue weighted by molar-refractivity contribution is 0.797. The van der Waals surface area contributed by atoms with Gasteiger partial charge in [-0.05, 0) is 101 Å². The third kappa shape index (κ3) is 5.86. The van der Waals surface area contributed by atoms with E-state index in [1.807, 2.05) is 0 Å². The van der Waals surface area contributed by atoms with Gasteiger partial charge in [-0.25, -0.2) is 0 Å². The van der Waals surface area contributed by atoms with Crippen molar-refractivity contribution in [3.63, 3.8) is 0 Å². The summed E-state index contributed by atoms with van der Waals surface area (Å²) in [7, 11) is 0. The van der Waals surface area contributed by atoms with E-state index in [4.69, 9.17) is 4.99 Å². The largest absolute Gasteiger partial charge is 0.311 e. The van der Waals surface area contributed by atoms with Crippen LogP contribution in [0.15, 0.2) is 236 Å². The van der Waals surface area contributed by atoms with Crippen molar-refractivity contribution < 1.29 is 0 Å². The van der Waals surface area contributed by atoms with Crippen LogP contribution in [-0.2, 0) is 5.41 Å². The standard InChI is InChI=1S/C57H41N3/c1-57(45-22-12-5-13-23-45)54-52(58-56(57)44-20-10-4-11-21-44)39-38-51-50-24-14-15-25-53(50)60(55(51)54)49-36-34-48(35-37-49)59(46-30-26-42(27-31-46)40-16-6-2-7-17-40)47-32-28-43(29-33-47)41-18-8-3-9-19-41/h2-39H,1H3. The van der Waals surface area contributed by atoms with Crippen LogP contribution in [0.2, 0.25) is 0 Å². The second-order valence-corrected chi connectivity index (χ2v) is 15.7. The Hall–Kier alpha value is -7.75. The summed E-state index contributed by atoms with van der Waals surface area (Å²) in [6.45, 7) is 2.36. The van der Waals surface area contributed by atoms with E-state index in [0.717, 1.165) is 39.7 Å². The minimum absolute atomic E-state index is 0.502. The molecule has 1 aromatic heterocycles. The monoisotopic (exact) mass is 767 g/mol. The van der Waals surface area contributed by atoms with Crippen LogP contribution in [-0.4, -0.2) is 10.3 Å². The highest BCUT2D eigenvalue weighted by atomic mass is 15.1. The Bertz CT molecular complexity index is 3070. The summed E-state index contributed by atoms with van der Waals surface area (Å²) in [5, 5.41) is 2.44. The van der Waals surface area contributed by atoms with Crippen molar-refractivity contribution in [3.05, 3.63) is 247 Å². The molecular formula is C57H41N3. The molecule has 1 atom stereocenters. The molecule has 0 saturated carbocycles. The Morgan fingerprint density at radius 1 is 0.400 bits per heavy atom. The number of nitrogens with zero attached hydrogens (tertiary/aromatic N) is 3. The molecule has 0 saturated heterocycles. The van der Waals surface area contributed by atoms with E-state index < -0.39 is 5.41 Å². The van der Waals surface area contributed by atoms with Crippen LogP contribution >= 0.6 is 0 Å². The first-order chi connectivity index (χ1) is 29.6. The molecule has 0 amide bonds. The van der Waals surface area contributed by atoms with Gasteiger partial charge in [-0.15, -0.1) is 0 Å². The average Bonchev–Trinajstić information content (AvgIpc) is 3.83.